The summed E-state index contributed by atoms with van der Waals surface area (Å²) in [4.78, 5) is 0. The molecule has 1 aliphatic heterocycles. The number of aliphatic hydroxyl groups excluding tert-OH is 4. The largest absolute Gasteiger partial charge is 0.387 e. The molecule has 1 saturated heterocycles. The average Bonchev–Trinajstić information content (AvgIpc) is 2.00. The summed E-state index contributed by atoms with van der Waals surface area (Å²) in [6, 6.07) is 0. The van der Waals surface area contributed by atoms with Gasteiger partial charge in [0.2, 0.25) is 0 Å². The number of hydrogen-bond acceptors (Lipinski definition) is 5. The molecule has 71 valence electrons. The lowest BCUT2D eigenvalue weighted by Gasteiger charge is -2.35. The standard InChI is InChI=1S/C6H10ClO5/c7-6(11)5-4(10)3(9)2(8)1-12-5/h1-6,8-11H/t2-,3+,4+,5-,6?/m0/s1. The van der Waals surface area contributed by atoms with Gasteiger partial charge in [-0.2, -0.15) is 0 Å². The molecule has 0 amide bonds. The molecule has 0 aromatic rings. The minimum Gasteiger partial charge on any atom is -0.387 e. The van der Waals surface area contributed by atoms with Gasteiger partial charge in [0.15, 0.2) is 5.56 Å². The third kappa shape index (κ3) is 1.87. The fraction of sp³-hybridized carbons (Fsp3) is 0.833. The Morgan fingerprint density at radius 2 is 1.83 bits per heavy atom. The third-order valence-corrected chi connectivity index (χ3v) is 1.93. The molecule has 1 aliphatic rings. The van der Waals surface area contributed by atoms with Crippen LogP contribution in [0.5, 0.6) is 0 Å². The first kappa shape index (κ1) is 10.2. The zero-order valence-electron chi connectivity index (χ0n) is 6.04. The fourth-order valence-electron chi connectivity index (χ4n) is 0.956. The van der Waals surface area contributed by atoms with Crippen LogP contribution in [0.4, 0.5) is 0 Å². The number of ether oxygens (including phenoxy) is 1. The molecule has 1 fully saturated rings. The molecule has 1 radical (unpaired) electrons. The van der Waals surface area contributed by atoms with Crippen LogP contribution >= 0.6 is 11.6 Å². The van der Waals surface area contributed by atoms with E-state index in [1.165, 1.54) is 0 Å². The molecule has 1 rings (SSSR count). The quantitative estimate of drug-likeness (QED) is 0.372. The zero-order chi connectivity index (χ0) is 9.30. The van der Waals surface area contributed by atoms with E-state index in [2.05, 4.69) is 4.74 Å². The van der Waals surface area contributed by atoms with Crippen LogP contribution < -0.4 is 0 Å². The van der Waals surface area contributed by atoms with Crippen molar-refractivity contribution in [2.45, 2.75) is 30.0 Å². The molecule has 1 unspecified atom stereocenters. The monoisotopic (exact) mass is 197 g/mol. The normalized spacial score (nSPS) is 45.8. The van der Waals surface area contributed by atoms with Crippen molar-refractivity contribution in [2.24, 2.45) is 0 Å². The van der Waals surface area contributed by atoms with Gasteiger partial charge in [0.1, 0.15) is 31.0 Å². The highest BCUT2D eigenvalue weighted by atomic mass is 35.5. The second-order valence-corrected chi connectivity index (χ2v) is 3.03. The summed E-state index contributed by atoms with van der Waals surface area (Å²) in [5.41, 5.74) is -1.42. The Kier molecular flexibility index (Phi) is 3.28. The minimum atomic E-state index is -1.42. The predicted molar refractivity (Wildman–Crippen MR) is 39.1 cm³/mol. The Bertz CT molecular complexity index is 153. The Labute approximate surface area is 74.2 Å². The number of hydrogen-bond donors (Lipinski definition) is 4. The smallest absolute Gasteiger partial charge is 0.156 e. The van der Waals surface area contributed by atoms with Crippen LogP contribution in [0, 0.1) is 6.61 Å². The molecule has 5 nitrogen and oxygen atoms in total. The van der Waals surface area contributed by atoms with Gasteiger partial charge in [-0.1, -0.05) is 11.6 Å². The first-order chi connectivity index (χ1) is 5.54. The molecule has 5 atom stereocenters. The molecule has 0 aliphatic carbocycles. The summed E-state index contributed by atoms with van der Waals surface area (Å²) in [5.74, 6) is 0. The van der Waals surface area contributed by atoms with E-state index >= 15 is 0 Å². The molecule has 0 aromatic carbocycles. The highest BCUT2D eigenvalue weighted by Gasteiger charge is 2.40. The molecule has 4 N–H and O–H groups in total. The van der Waals surface area contributed by atoms with Crippen molar-refractivity contribution in [1.29, 1.82) is 0 Å². The first-order valence-corrected chi connectivity index (χ1v) is 3.83. The van der Waals surface area contributed by atoms with Crippen LogP contribution in [0.2, 0.25) is 0 Å². The Balaban J connectivity index is 2.58. The lowest BCUT2D eigenvalue weighted by Crippen LogP contribution is -2.53. The van der Waals surface area contributed by atoms with Crippen molar-refractivity contribution in [2.75, 3.05) is 0 Å². The van der Waals surface area contributed by atoms with Gasteiger partial charge >= 0.3 is 0 Å². The molecule has 0 saturated carbocycles. The second-order valence-electron chi connectivity index (χ2n) is 2.58. The number of halogens is 1. The van der Waals surface area contributed by atoms with E-state index in [0.29, 0.717) is 0 Å². The van der Waals surface area contributed by atoms with Gasteiger partial charge < -0.3 is 25.2 Å². The lowest BCUT2D eigenvalue weighted by atomic mass is 10.0. The molecule has 6 heteroatoms. The summed E-state index contributed by atoms with van der Waals surface area (Å²) in [7, 11) is 0. The van der Waals surface area contributed by atoms with E-state index in [9.17, 15) is 5.11 Å². The number of alkyl halides is 1. The van der Waals surface area contributed by atoms with Gasteiger partial charge in [0.05, 0.1) is 0 Å². The Hall–Kier alpha value is 0.0900. The van der Waals surface area contributed by atoms with Crippen LogP contribution in [0.3, 0.4) is 0 Å². The van der Waals surface area contributed by atoms with Crippen LogP contribution in [0.15, 0.2) is 0 Å². The highest BCUT2D eigenvalue weighted by molar-refractivity contribution is 6.19. The summed E-state index contributed by atoms with van der Waals surface area (Å²) in [6.45, 7) is 0.924. The maximum atomic E-state index is 9.18. The third-order valence-electron chi connectivity index (χ3n) is 1.68. The summed E-state index contributed by atoms with van der Waals surface area (Å²) >= 11 is 5.22. The number of aliphatic hydroxyl groups is 4. The molecule has 0 bridgehead atoms. The van der Waals surface area contributed by atoms with Crippen molar-refractivity contribution in [1.82, 2.24) is 0 Å². The number of rotatable bonds is 1. The van der Waals surface area contributed by atoms with Gasteiger partial charge in [-0.25, -0.2) is 0 Å². The molecule has 1 heterocycles. The fourth-order valence-corrected chi connectivity index (χ4v) is 1.16. The van der Waals surface area contributed by atoms with Crippen molar-refractivity contribution in [3.8, 4) is 0 Å². The lowest BCUT2D eigenvalue weighted by molar-refractivity contribution is -0.175. The summed E-state index contributed by atoms with van der Waals surface area (Å²) < 4.78 is 4.67. The molecule has 12 heavy (non-hydrogen) atoms. The van der Waals surface area contributed by atoms with Crippen molar-refractivity contribution < 1.29 is 25.2 Å². The van der Waals surface area contributed by atoms with Gasteiger partial charge in [0.25, 0.3) is 0 Å². The Morgan fingerprint density at radius 3 is 2.33 bits per heavy atom. The summed E-state index contributed by atoms with van der Waals surface area (Å²) in [6.07, 6.45) is -5.13. The molecule has 0 spiro atoms. The van der Waals surface area contributed by atoms with E-state index in [0.717, 1.165) is 6.61 Å². The van der Waals surface area contributed by atoms with Gasteiger partial charge in [0, 0.05) is 0 Å². The van der Waals surface area contributed by atoms with E-state index in [-0.39, 0.29) is 0 Å². The van der Waals surface area contributed by atoms with E-state index in [1.54, 1.807) is 0 Å². The maximum Gasteiger partial charge on any atom is 0.156 e. The highest BCUT2D eigenvalue weighted by Crippen LogP contribution is 2.21. The maximum absolute atomic E-state index is 9.18. The SMILES string of the molecule is OC(Cl)[C@H]1O[CH][C@H](O)[C@@H](O)[C@H]1O. The second kappa shape index (κ2) is 3.87. The molecular formula is C6H10ClO5. The van der Waals surface area contributed by atoms with Crippen LogP contribution in [0.25, 0.3) is 0 Å². The average molecular weight is 198 g/mol. The predicted octanol–water partition coefficient (Wildman–Crippen LogP) is -1.81. The molecular weight excluding hydrogens is 188 g/mol. The van der Waals surface area contributed by atoms with Gasteiger partial charge in [-0.3, -0.25) is 0 Å². The van der Waals surface area contributed by atoms with E-state index in [4.69, 9.17) is 26.9 Å². The minimum absolute atomic E-state index is 0.924. The van der Waals surface area contributed by atoms with Crippen LogP contribution in [-0.4, -0.2) is 50.4 Å². The van der Waals surface area contributed by atoms with Gasteiger partial charge in [-0.05, 0) is 0 Å². The van der Waals surface area contributed by atoms with E-state index < -0.39 is 30.0 Å². The Morgan fingerprint density at radius 1 is 1.25 bits per heavy atom. The van der Waals surface area contributed by atoms with Crippen molar-refractivity contribution in [3.05, 3.63) is 6.61 Å². The van der Waals surface area contributed by atoms with Crippen molar-refractivity contribution >= 4 is 11.6 Å². The van der Waals surface area contributed by atoms with Crippen molar-refractivity contribution in [3.63, 3.8) is 0 Å². The van der Waals surface area contributed by atoms with Crippen LogP contribution in [-0.2, 0) is 4.74 Å². The van der Waals surface area contributed by atoms with E-state index in [1.807, 2.05) is 0 Å². The van der Waals surface area contributed by atoms with Gasteiger partial charge in [-0.15, -0.1) is 0 Å². The molecule has 0 aromatic heterocycles. The topological polar surface area (TPSA) is 90.2 Å². The zero-order valence-corrected chi connectivity index (χ0v) is 6.80. The summed E-state index contributed by atoms with van der Waals surface area (Å²) in [5, 5.41) is 36.0. The van der Waals surface area contributed by atoms with Crippen LogP contribution in [0.1, 0.15) is 0 Å². The first-order valence-electron chi connectivity index (χ1n) is 3.39.